The number of nitrogen functional groups attached to an aromatic ring is 1. The molecule has 6 heteroatoms. The van der Waals surface area contributed by atoms with Crippen LogP contribution in [0.3, 0.4) is 0 Å². The maximum atomic E-state index is 6.43. The Morgan fingerprint density at radius 2 is 2.00 bits per heavy atom. The van der Waals surface area contributed by atoms with Gasteiger partial charge in [-0.2, -0.15) is 0 Å². The highest BCUT2D eigenvalue weighted by Crippen LogP contribution is 2.44. The zero-order valence-electron chi connectivity index (χ0n) is 10.7. The predicted molar refractivity (Wildman–Crippen MR) is 83.8 cm³/mol. The minimum absolute atomic E-state index is 0.228. The van der Waals surface area contributed by atoms with Crippen LogP contribution in [0.4, 0.5) is 5.13 Å². The Kier molecular flexibility index (Phi) is 3.91. The highest BCUT2D eigenvalue weighted by Gasteiger charge is 2.39. The summed E-state index contributed by atoms with van der Waals surface area (Å²) in [5.41, 5.74) is 7.61. The summed E-state index contributed by atoms with van der Waals surface area (Å²) in [4.78, 5) is 4.50. The molecule has 106 valence electrons. The number of ether oxygens (including phenoxy) is 1. The van der Waals surface area contributed by atoms with Gasteiger partial charge < -0.3 is 10.5 Å². The molecular formula is C14H14Cl2N2OS. The van der Waals surface area contributed by atoms with E-state index >= 15 is 0 Å². The predicted octanol–water partition coefficient (Wildman–Crippen LogP) is 4.13. The van der Waals surface area contributed by atoms with Crippen LogP contribution < -0.4 is 5.73 Å². The topological polar surface area (TPSA) is 48.1 Å². The number of nitrogens with two attached hydrogens (primary N) is 1. The summed E-state index contributed by atoms with van der Waals surface area (Å²) in [6.45, 7) is 1.38. The third kappa shape index (κ3) is 2.42. The van der Waals surface area contributed by atoms with E-state index in [0.29, 0.717) is 28.4 Å². The largest absolute Gasteiger partial charge is 0.381 e. The summed E-state index contributed by atoms with van der Waals surface area (Å²) < 4.78 is 5.51. The standard InChI is InChI=1S/C14H14Cl2N2OS/c15-9-1-2-10(11(16)7-9)14(3-5-19-6-4-14)12-8-20-13(17)18-12/h1-2,7-8H,3-6H2,(H2,17,18). The van der Waals surface area contributed by atoms with E-state index < -0.39 is 0 Å². The van der Waals surface area contributed by atoms with E-state index in [4.69, 9.17) is 33.7 Å². The normalized spacial score (nSPS) is 18.1. The molecule has 20 heavy (non-hydrogen) atoms. The lowest BCUT2D eigenvalue weighted by Crippen LogP contribution is -2.35. The molecular weight excluding hydrogens is 315 g/mol. The lowest BCUT2D eigenvalue weighted by atomic mass is 9.72. The minimum atomic E-state index is -0.228. The number of anilines is 1. The maximum absolute atomic E-state index is 6.43. The van der Waals surface area contributed by atoms with Crippen molar-refractivity contribution in [3.8, 4) is 0 Å². The second-order valence-corrected chi connectivity index (χ2v) is 6.62. The summed E-state index contributed by atoms with van der Waals surface area (Å²) in [5, 5.41) is 3.91. The van der Waals surface area contributed by atoms with Crippen molar-refractivity contribution in [2.45, 2.75) is 18.3 Å². The van der Waals surface area contributed by atoms with Crippen LogP contribution >= 0.6 is 34.5 Å². The summed E-state index contributed by atoms with van der Waals surface area (Å²) in [6.07, 6.45) is 1.69. The number of nitrogens with zero attached hydrogens (tertiary/aromatic N) is 1. The summed E-state index contributed by atoms with van der Waals surface area (Å²) in [6, 6.07) is 5.65. The molecule has 0 bridgehead atoms. The zero-order valence-corrected chi connectivity index (χ0v) is 13.1. The number of thiazole rings is 1. The molecule has 0 atom stereocenters. The first-order valence-electron chi connectivity index (χ1n) is 6.36. The van der Waals surface area contributed by atoms with Crippen molar-refractivity contribution in [3.05, 3.63) is 44.9 Å². The molecule has 1 saturated heterocycles. The van der Waals surface area contributed by atoms with E-state index in [1.165, 1.54) is 11.3 Å². The number of halogens is 2. The highest BCUT2D eigenvalue weighted by molar-refractivity contribution is 7.13. The van der Waals surface area contributed by atoms with Crippen molar-refractivity contribution in [2.24, 2.45) is 0 Å². The van der Waals surface area contributed by atoms with Crippen LogP contribution in [0.15, 0.2) is 23.6 Å². The van der Waals surface area contributed by atoms with Gasteiger partial charge in [0.1, 0.15) is 0 Å². The number of aromatic nitrogens is 1. The number of rotatable bonds is 2. The molecule has 0 saturated carbocycles. The first-order valence-corrected chi connectivity index (χ1v) is 8.00. The Hall–Kier alpha value is -0.810. The van der Waals surface area contributed by atoms with Crippen molar-refractivity contribution in [3.63, 3.8) is 0 Å². The van der Waals surface area contributed by atoms with E-state index in [1.54, 1.807) is 6.07 Å². The van der Waals surface area contributed by atoms with Crippen molar-refractivity contribution in [2.75, 3.05) is 18.9 Å². The highest BCUT2D eigenvalue weighted by atomic mass is 35.5. The average molecular weight is 329 g/mol. The molecule has 2 aromatic rings. The lowest BCUT2D eigenvalue weighted by Gasteiger charge is -2.37. The van der Waals surface area contributed by atoms with Crippen molar-refractivity contribution < 1.29 is 4.74 Å². The Morgan fingerprint density at radius 3 is 2.60 bits per heavy atom. The number of benzene rings is 1. The summed E-state index contributed by atoms with van der Waals surface area (Å²) in [7, 11) is 0. The van der Waals surface area contributed by atoms with Gasteiger partial charge in [0.15, 0.2) is 5.13 Å². The third-order valence-electron chi connectivity index (χ3n) is 3.81. The molecule has 1 aromatic heterocycles. The Bertz CT molecular complexity index is 623. The fraction of sp³-hybridized carbons (Fsp3) is 0.357. The fourth-order valence-corrected chi connectivity index (χ4v) is 4.02. The van der Waals surface area contributed by atoms with Crippen molar-refractivity contribution in [1.29, 1.82) is 0 Å². The molecule has 3 nitrogen and oxygen atoms in total. The third-order valence-corrected chi connectivity index (χ3v) is 5.03. The van der Waals surface area contributed by atoms with Crippen molar-refractivity contribution in [1.82, 2.24) is 4.98 Å². The SMILES string of the molecule is Nc1nc(C2(c3ccc(Cl)cc3Cl)CCOCC2)cs1. The fourth-order valence-electron chi connectivity index (χ4n) is 2.77. The number of hydrogen-bond acceptors (Lipinski definition) is 4. The van der Waals surface area contributed by atoms with Crippen LogP contribution in [-0.4, -0.2) is 18.2 Å². The van der Waals surface area contributed by atoms with E-state index in [0.717, 1.165) is 24.1 Å². The second kappa shape index (κ2) is 5.53. The quantitative estimate of drug-likeness (QED) is 0.901. The zero-order chi connectivity index (χ0) is 14.2. The van der Waals surface area contributed by atoms with Gasteiger partial charge in [-0.1, -0.05) is 29.3 Å². The monoisotopic (exact) mass is 328 g/mol. The molecule has 3 rings (SSSR count). The van der Waals surface area contributed by atoms with E-state index in [9.17, 15) is 0 Å². The Labute approximate surface area is 131 Å². The van der Waals surface area contributed by atoms with Gasteiger partial charge in [-0.3, -0.25) is 0 Å². The van der Waals surface area contributed by atoms with Gasteiger partial charge >= 0.3 is 0 Å². The van der Waals surface area contributed by atoms with Crippen LogP contribution in [0.25, 0.3) is 0 Å². The van der Waals surface area contributed by atoms with Gasteiger partial charge in [0, 0.05) is 34.1 Å². The minimum Gasteiger partial charge on any atom is -0.381 e. The van der Waals surface area contributed by atoms with Gasteiger partial charge in [-0.25, -0.2) is 4.98 Å². The first-order chi connectivity index (χ1) is 9.62. The molecule has 0 aliphatic carbocycles. The van der Waals surface area contributed by atoms with Gasteiger partial charge in [0.2, 0.25) is 0 Å². The van der Waals surface area contributed by atoms with Gasteiger partial charge in [0.05, 0.1) is 5.69 Å². The van der Waals surface area contributed by atoms with Crippen LogP contribution in [0.5, 0.6) is 0 Å². The molecule has 0 amide bonds. The molecule has 1 aliphatic rings. The van der Waals surface area contributed by atoms with Crippen LogP contribution in [0, 0.1) is 0 Å². The molecule has 0 radical (unpaired) electrons. The van der Waals surface area contributed by atoms with Crippen LogP contribution in [0.2, 0.25) is 10.0 Å². The molecule has 0 spiro atoms. The molecule has 0 unspecified atom stereocenters. The van der Waals surface area contributed by atoms with E-state index in [2.05, 4.69) is 4.98 Å². The van der Waals surface area contributed by atoms with E-state index in [1.807, 2.05) is 17.5 Å². The molecule has 1 aromatic carbocycles. The molecule has 1 aliphatic heterocycles. The first kappa shape index (κ1) is 14.1. The van der Waals surface area contributed by atoms with Crippen LogP contribution in [-0.2, 0) is 10.2 Å². The van der Waals surface area contributed by atoms with Gasteiger partial charge in [-0.05, 0) is 30.5 Å². The number of hydrogen-bond donors (Lipinski definition) is 1. The second-order valence-electron chi connectivity index (χ2n) is 4.89. The smallest absolute Gasteiger partial charge is 0.180 e. The Morgan fingerprint density at radius 1 is 1.25 bits per heavy atom. The Balaban J connectivity index is 2.14. The summed E-state index contributed by atoms with van der Waals surface area (Å²) >= 11 is 13.9. The molecule has 2 N–H and O–H groups in total. The van der Waals surface area contributed by atoms with E-state index in [-0.39, 0.29) is 5.41 Å². The summed E-state index contributed by atoms with van der Waals surface area (Å²) in [5.74, 6) is 0. The average Bonchev–Trinajstić information content (AvgIpc) is 2.87. The van der Waals surface area contributed by atoms with Gasteiger partial charge in [-0.15, -0.1) is 11.3 Å². The van der Waals surface area contributed by atoms with Crippen molar-refractivity contribution >= 4 is 39.7 Å². The van der Waals surface area contributed by atoms with Crippen LogP contribution in [0.1, 0.15) is 24.1 Å². The molecule has 2 heterocycles. The lowest BCUT2D eigenvalue weighted by molar-refractivity contribution is 0.0621. The van der Waals surface area contributed by atoms with Gasteiger partial charge in [0.25, 0.3) is 0 Å². The maximum Gasteiger partial charge on any atom is 0.180 e. The molecule has 1 fully saturated rings.